The van der Waals surface area contributed by atoms with E-state index in [4.69, 9.17) is 0 Å². The predicted molar refractivity (Wildman–Crippen MR) is 95.0 cm³/mol. The monoisotopic (exact) mass is 379 g/mol. The highest BCUT2D eigenvalue weighted by Gasteiger charge is 2.49. The van der Waals surface area contributed by atoms with Crippen LogP contribution in [0.1, 0.15) is 37.0 Å². The minimum Gasteiger partial charge on any atom is -0.352 e. The van der Waals surface area contributed by atoms with Crippen LogP contribution in [0.25, 0.3) is 0 Å². The highest BCUT2D eigenvalue weighted by atomic mass is 32.2. The number of amides is 3. The normalized spacial score (nSPS) is 20.7. The molecule has 8 nitrogen and oxygen atoms in total. The molecule has 0 radical (unpaired) electrons. The van der Waals surface area contributed by atoms with E-state index < -0.39 is 27.3 Å². The minimum atomic E-state index is -3.73. The van der Waals surface area contributed by atoms with E-state index in [1.54, 1.807) is 13.8 Å². The molecule has 1 aliphatic carbocycles. The predicted octanol–water partition coefficient (Wildman–Crippen LogP) is 0.398. The molecule has 26 heavy (non-hydrogen) atoms. The maximum atomic E-state index is 12.4. The summed E-state index contributed by atoms with van der Waals surface area (Å²) in [6.07, 6.45) is 1.94. The van der Waals surface area contributed by atoms with Crippen LogP contribution < -0.4 is 14.9 Å². The lowest BCUT2D eigenvalue weighted by Crippen LogP contribution is -2.37. The Balaban J connectivity index is 1.67. The van der Waals surface area contributed by atoms with Gasteiger partial charge in [-0.25, -0.2) is 12.7 Å². The van der Waals surface area contributed by atoms with Gasteiger partial charge in [-0.2, -0.15) is 0 Å². The fourth-order valence-electron chi connectivity index (χ4n) is 2.78. The smallest absolute Gasteiger partial charge is 0.251 e. The van der Waals surface area contributed by atoms with E-state index in [0.717, 1.165) is 17.1 Å². The molecule has 1 aromatic carbocycles. The second-order valence-electron chi connectivity index (χ2n) is 7.28. The molecule has 2 N–H and O–H groups in total. The Morgan fingerprint density at radius 3 is 2.31 bits per heavy atom. The van der Waals surface area contributed by atoms with Gasteiger partial charge in [-0.1, -0.05) is 0 Å². The van der Waals surface area contributed by atoms with Crippen LogP contribution in [-0.4, -0.2) is 44.5 Å². The molecule has 1 heterocycles. The molecule has 0 spiro atoms. The first-order valence-corrected chi connectivity index (χ1v) is 9.96. The van der Waals surface area contributed by atoms with Crippen LogP contribution in [-0.2, 0) is 19.6 Å². The zero-order valence-corrected chi connectivity index (χ0v) is 15.4. The number of nitrogens with one attached hydrogen (secondary N) is 2. The van der Waals surface area contributed by atoms with Crippen molar-refractivity contribution in [3.05, 3.63) is 29.8 Å². The van der Waals surface area contributed by atoms with Gasteiger partial charge < -0.3 is 10.6 Å². The first-order valence-electron chi connectivity index (χ1n) is 8.35. The summed E-state index contributed by atoms with van der Waals surface area (Å²) in [6, 6.07) is 5.91. The number of benzene rings is 1. The highest BCUT2D eigenvalue weighted by molar-refractivity contribution is 7.94. The topological polar surface area (TPSA) is 113 Å². The zero-order chi connectivity index (χ0) is 19.1. The quantitative estimate of drug-likeness (QED) is 0.769. The van der Waals surface area contributed by atoms with Crippen molar-refractivity contribution in [1.82, 2.24) is 10.6 Å². The van der Waals surface area contributed by atoms with E-state index in [1.807, 2.05) is 0 Å². The molecule has 0 unspecified atom stereocenters. The van der Waals surface area contributed by atoms with Crippen molar-refractivity contribution < 1.29 is 22.8 Å². The summed E-state index contributed by atoms with van der Waals surface area (Å²) in [7, 11) is -3.73. The minimum absolute atomic E-state index is 0.121. The molecule has 1 aromatic rings. The van der Waals surface area contributed by atoms with Gasteiger partial charge in [-0.15, -0.1) is 0 Å². The number of carbonyl (C=O) groups excluding carboxylic acids is 3. The summed E-state index contributed by atoms with van der Waals surface area (Å²) in [5.41, 5.74) is -0.510. The Kier molecular flexibility index (Phi) is 4.51. The second-order valence-corrected chi connectivity index (χ2v) is 9.10. The van der Waals surface area contributed by atoms with E-state index in [-0.39, 0.29) is 35.5 Å². The van der Waals surface area contributed by atoms with Crippen molar-refractivity contribution in [1.29, 1.82) is 0 Å². The molecule has 3 amide bonds. The fourth-order valence-corrected chi connectivity index (χ4v) is 4.89. The fraction of sp³-hybridized carbons (Fsp3) is 0.471. The van der Waals surface area contributed by atoms with Gasteiger partial charge in [-0.3, -0.25) is 14.4 Å². The largest absolute Gasteiger partial charge is 0.352 e. The molecular formula is C17H21N3O5S. The Morgan fingerprint density at radius 2 is 1.81 bits per heavy atom. The van der Waals surface area contributed by atoms with E-state index in [9.17, 15) is 22.8 Å². The standard InChI is InChI=1S/C17H21N3O5S/c1-17(2)10-26(24,25)20(16(17)23)13-7-3-11(4-8-13)15(22)18-9-14(21)19-12-5-6-12/h3-4,7-8,12H,5-6,9-10H2,1-2H3,(H,18,22)(H,19,21). The van der Waals surface area contributed by atoms with Gasteiger partial charge in [0.05, 0.1) is 23.4 Å². The number of hydrogen-bond acceptors (Lipinski definition) is 5. The third-order valence-corrected chi connectivity index (χ3v) is 6.32. The lowest BCUT2D eigenvalue weighted by Gasteiger charge is -2.17. The van der Waals surface area contributed by atoms with Crippen LogP contribution in [0.4, 0.5) is 5.69 Å². The van der Waals surface area contributed by atoms with E-state index >= 15 is 0 Å². The molecule has 9 heteroatoms. The third kappa shape index (κ3) is 3.72. The van der Waals surface area contributed by atoms with Gasteiger partial charge in [0.2, 0.25) is 21.8 Å². The molecule has 1 saturated carbocycles. The maximum absolute atomic E-state index is 12.4. The van der Waals surface area contributed by atoms with Gasteiger partial charge in [0.25, 0.3) is 5.91 Å². The number of nitrogens with zero attached hydrogens (tertiary/aromatic N) is 1. The second kappa shape index (κ2) is 6.39. The summed E-state index contributed by atoms with van der Waals surface area (Å²) in [4.78, 5) is 36.0. The number of sulfonamides is 1. The number of carbonyl (C=O) groups is 3. The molecular weight excluding hydrogens is 358 g/mol. The number of rotatable bonds is 5. The lowest BCUT2D eigenvalue weighted by atomic mass is 9.95. The first kappa shape index (κ1) is 18.4. The Hall–Kier alpha value is -2.42. The van der Waals surface area contributed by atoms with Crippen LogP contribution in [0.15, 0.2) is 24.3 Å². The summed E-state index contributed by atoms with van der Waals surface area (Å²) in [6.45, 7) is 3.05. The molecule has 140 valence electrons. The van der Waals surface area contributed by atoms with Gasteiger partial charge in [-0.05, 0) is 51.0 Å². The molecule has 0 aromatic heterocycles. The van der Waals surface area contributed by atoms with Crippen LogP contribution in [0, 0.1) is 5.41 Å². The Labute approximate surface area is 152 Å². The molecule has 1 saturated heterocycles. The Morgan fingerprint density at radius 1 is 1.19 bits per heavy atom. The average Bonchev–Trinajstić information content (AvgIpc) is 3.33. The van der Waals surface area contributed by atoms with Crippen molar-refractivity contribution in [2.75, 3.05) is 16.6 Å². The summed E-state index contributed by atoms with van der Waals surface area (Å²) < 4.78 is 25.3. The summed E-state index contributed by atoms with van der Waals surface area (Å²) in [5.74, 6) is -1.43. The van der Waals surface area contributed by atoms with Crippen molar-refractivity contribution in [3.8, 4) is 0 Å². The van der Waals surface area contributed by atoms with Crippen LogP contribution >= 0.6 is 0 Å². The molecule has 2 aliphatic rings. The first-order chi connectivity index (χ1) is 12.1. The maximum Gasteiger partial charge on any atom is 0.251 e. The third-order valence-electron chi connectivity index (χ3n) is 4.30. The Bertz CT molecular complexity index is 857. The molecule has 0 atom stereocenters. The van der Waals surface area contributed by atoms with Crippen molar-refractivity contribution in [2.45, 2.75) is 32.7 Å². The number of hydrogen-bond donors (Lipinski definition) is 2. The summed E-state index contributed by atoms with van der Waals surface area (Å²) >= 11 is 0. The van der Waals surface area contributed by atoms with E-state index in [2.05, 4.69) is 10.6 Å². The van der Waals surface area contributed by atoms with Crippen LogP contribution in [0.2, 0.25) is 0 Å². The lowest BCUT2D eigenvalue weighted by molar-refractivity contribution is -0.123. The summed E-state index contributed by atoms with van der Waals surface area (Å²) in [5, 5.41) is 5.27. The van der Waals surface area contributed by atoms with E-state index in [1.165, 1.54) is 24.3 Å². The van der Waals surface area contributed by atoms with Crippen molar-refractivity contribution >= 4 is 33.4 Å². The van der Waals surface area contributed by atoms with Crippen molar-refractivity contribution in [2.24, 2.45) is 5.41 Å². The van der Waals surface area contributed by atoms with E-state index in [0.29, 0.717) is 0 Å². The highest BCUT2D eigenvalue weighted by Crippen LogP contribution is 2.35. The SMILES string of the molecule is CC1(C)CS(=O)(=O)N(c2ccc(C(=O)NCC(=O)NC3CC3)cc2)C1=O. The zero-order valence-electron chi connectivity index (χ0n) is 14.6. The molecule has 1 aliphatic heterocycles. The van der Waals surface area contributed by atoms with Gasteiger partial charge in [0, 0.05) is 11.6 Å². The molecule has 3 rings (SSSR count). The van der Waals surface area contributed by atoms with Crippen LogP contribution in [0.3, 0.4) is 0 Å². The van der Waals surface area contributed by atoms with Crippen LogP contribution in [0.5, 0.6) is 0 Å². The molecule has 2 fully saturated rings. The van der Waals surface area contributed by atoms with Gasteiger partial charge >= 0.3 is 0 Å². The molecule has 0 bridgehead atoms. The van der Waals surface area contributed by atoms with Gasteiger partial charge in [0.15, 0.2) is 0 Å². The van der Waals surface area contributed by atoms with Crippen molar-refractivity contribution in [3.63, 3.8) is 0 Å². The number of anilines is 1. The van der Waals surface area contributed by atoms with Gasteiger partial charge in [0.1, 0.15) is 0 Å². The average molecular weight is 379 g/mol.